The van der Waals surface area contributed by atoms with Gasteiger partial charge < -0.3 is 14.8 Å². The van der Waals surface area contributed by atoms with Crippen molar-refractivity contribution in [2.45, 2.75) is 18.9 Å². The van der Waals surface area contributed by atoms with Gasteiger partial charge in [-0.3, -0.25) is 9.78 Å². The Hall–Kier alpha value is -2.82. The van der Waals surface area contributed by atoms with Gasteiger partial charge in [0.05, 0.1) is 19.8 Å². The van der Waals surface area contributed by atoms with Crippen LogP contribution in [-0.4, -0.2) is 24.6 Å². The minimum atomic E-state index is -0.326. The van der Waals surface area contributed by atoms with Crippen LogP contribution in [0.4, 0.5) is 0 Å². The van der Waals surface area contributed by atoms with E-state index in [0.29, 0.717) is 12.4 Å². The van der Waals surface area contributed by atoms with Gasteiger partial charge in [-0.2, -0.15) is 0 Å². The van der Waals surface area contributed by atoms with Gasteiger partial charge >= 0.3 is 0 Å². The number of hydrogen-bond acceptors (Lipinski definition) is 4. The smallest absolute Gasteiger partial charge is 0.286 e. The topological polar surface area (TPSA) is 60.5 Å². The second-order valence-electron chi connectivity index (χ2n) is 5.53. The molecule has 1 atom stereocenters. The standard InChI is InChI=1S/C19H20N2O3/c1-23-16-8-4-6-14(12-16)18(15-7-5-10-20-13-15)21-19(22)17-9-2-3-11-24-17/h4-10,12-13,18H,2-3,11H2,1H3,(H,21,22)/t18-/m1/s1. The van der Waals surface area contributed by atoms with Gasteiger partial charge in [-0.05, 0) is 48.2 Å². The van der Waals surface area contributed by atoms with Crippen LogP contribution in [0.2, 0.25) is 0 Å². The van der Waals surface area contributed by atoms with Gasteiger partial charge in [0.1, 0.15) is 5.75 Å². The number of aromatic nitrogens is 1. The highest BCUT2D eigenvalue weighted by Gasteiger charge is 2.21. The number of nitrogens with zero attached hydrogens (tertiary/aromatic N) is 1. The maximum Gasteiger partial charge on any atom is 0.286 e. The predicted octanol–water partition coefficient (Wildman–Crippen LogP) is 2.99. The first-order chi connectivity index (χ1) is 11.8. The van der Waals surface area contributed by atoms with Gasteiger partial charge in [0.2, 0.25) is 0 Å². The summed E-state index contributed by atoms with van der Waals surface area (Å²) in [5, 5.41) is 3.04. The summed E-state index contributed by atoms with van der Waals surface area (Å²) in [5.74, 6) is 0.910. The van der Waals surface area contributed by atoms with Crippen LogP contribution in [0.25, 0.3) is 0 Å². The largest absolute Gasteiger partial charge is 0.497 e. The number of ether oxygens (including phenoxy) is 2. The van der Waals surface area contributed by atoms with Gasteiger partial charge in [-0.25, -0.2) is 0 Å². The Morgan fingerprint density at radius 1 is 1.29 bits per heavy atom. The molecule has 0 saturated carbocycles. The summed E-state index contributed by atoms with van der Waals surface area (Å²) in [6, 6.07) is 11.1. The van der Waals surface area contributed by atoms with Gasteiger partial charge in [0, 0.05) is 12.4 Å². The SMILES string of the molecule is COc1cccc([C@@H](NC(=O)C2=CCCCO2)c2cccnc2)c1. The monoisotopic (exact) mass is 324 g/mol. The van der Waals surface area contributed by atoms with Crippen LogP contribution >= 0.6 is 0 Å². The van der Waals surface area contributed by atoms with E-state index in [-0.39, 0.29) is 11.9 Å². The Morgan fingerprint density at radius 3 is 2.88 bits per heavy atom. The van der Waals surface area contributed by atoms with Gasteiger partial charge in [0.25, 0.3) is 5.91 Å². The van der Waals surface area contributed by atoms with E-state index in [1.165, 1.54) is 0 Å². The van der Waals surface area contributed by atoms with Gasteiger partial charge in [-0.15, -0.1) is 0 Å². The van der Waals surface area contributed by atoms with Crippen molar-refractivity contribution in [3.05, 3.63) is 71.8 Å². The van der Waals surface area contributed by atoms with Crippen LogP contribution in [0.1, 0.15) is 30.0 Å². The summed E-state index contributed by atoms with van der Waals surface area (Å²) < 4.78 is 10.8. The highest BCUT2D eigenvalue weighted by atomic mass is 16.5. The van der Waals surface area contributed by atoms with E-state index < -0.39 is 0 Å². The van der Waals surface area contributed by atoms with Crippen LogP contribution in [0, 0.1) is 0 Å². The molecule has 0 bridgehead atoms. The average Bonchev–Trinajstić information content (AvgIpc) is 2.67. The Bertz CT molecular complexity index is 728. The van der Waals surface area contributed by atoms with Crippen LogP contribution in [-0.2, 0) is 9.53 Å². The molecule has 2 aromatic rings. The lowest BCUT2D eigenvalue weighted by atomic mass is 9.99. The number of rotatable bonds is 5. The van der Waals surface area contributed by atoms with Crippen molar-refractivity contribution in [1.29, 1.82) is 0 Å². The molecule has 2 heterocycles. The summed E-state index contributed by atoms with van der Waals surface area (Å²) in [6.45, 7) is 0.579. The fourth-order valence-corrected chi connectivity index (χ4v) is 2.64. The van der Waals surface area contributed by atoms with E-state index in [1.54, 1.807) is 19.5 Å². The third-order valence-corrected chi connectivity index (χ3v) is 3.88. The Balaban J connectivity index is 1.90. The maximum atomic E-state index is 12.6. The highest BCUT2D eigenvalue weighted by Crippen LogP contribution is 2.25. The minimum Gasteiger partial charge on any atom is -0.497 e. The Kier molecular flexibility index (Phi) is 5.11. The van der Waals surface area contributed by atoms with E-state index in [1.807, 2.05) is 42.5 Å². The molecule has 1 aromatic carbocycles. The molecule has 1 aromatic heterocycles. The number of carbonyl (C=O) groups excluding carboxylic acids is 1. The van der Waals surface area contributed by atoms with Crippen molar-refractivity contribution in [3.8, 4) is 5.75 Å². The molecule has 5 heteroatoms. The predicted molar refractivity (Wildman–Crippen MR) is 90.5 cm³/mol. The average molecular weight is 324 g/mol. The van der Waals surface area contributed by atoms with Crippen molar-refractivity contribution in [2.24, 2.45) is 0 Å². The molecule has 1 aliphatic heterocycles. The number of allylic oxidation sites excluding steroid dienone is 1. The molecular formula is C19H20N2O3. The van der Waals surface area contributed by atoms with Crippen molar-refractivity contribution in [1.82, 2.24) is 10.3 Å². The van der Waals surface area contributed by atoms with E-state index >= 15 is 0 Å². The van der Waals surface area contributed by atoms with Gasteiger partial charge in [0.15, 0.2) is 5.76 Å². The number of methoxy groups -OCH3 is 1. The molecule has 0 radical (unpaired) electrons. The van der Waals surface area contributed by atoms with Crippen molar-refractivity contribution in [2.75, 3.05) is 13.7 Å². The van der Waals surface area contributed by atoms with Gasteiger partial charge in [-0.1, -0.05) is 18.2 Å². The zero-order chi connectivity index (χ0) is 16.8. The Labute approximate surface area is 141 Å². The summed E-state index contributed by atoms with van der Waals surface area (Å²) in [6.07, 6.45) is 7.10. The van der Waals surface area contributed by atoms with Crippen LogP contribution < -0.4 is 10.1 Å². The zero-order valence-electron chi connectivity index (χ0n) is 13.6. The fourth-order valence-electron chi connectivity index (χ4n) is 2.64. The van der Waals surface area contributed by atoms with Crippen molar-refractivity contribution in [3.63, 3.8) is 0 Å². The summed E-state index contributed by atoms with van der Waals surface area (Å²) >= 11 is 0. The maximum absolute atomic E-state index is 12.6. The normalized spacial score (nSPS) is 15.0. The molecule has 0 aliphatic carbocycles. The summed E-state index contributed by atoms with van der Waals surface area (Å²) in [4.78, 5) is 16.7. The first kappa shape index (κ1) is 16.1. The lowest BCUT2D eigenvalue weighted by molar-refractivity contribution is -0.121. The van der Waals surface area contributed by atoms with Crippen LogP contribution in [0.3, 0.4) is 0 Å². The van der Waals surface area contributed by atoms with Crippen molar-refractivity contribution >= 4 is 5.91 Å². The number of benzene rings is 1. The molecule has 1 amide bonds. The lowest BCUT2D eigenvalue weighted by Gasteiger charge is -2.22. The van der Waals surface area contributed by atoms with E-state index in [4.69, 9.17) is 9.47 Å². The first-order valence-electron chi connectivity index (χ1n) is 7.95. The molecule has 1 aliphatic rings. The fraction of sp³-hybridized carbons (Fsp3) is 0.263. The Morgan fingerprint density at radius 2 is 2.17 bits per heavy atom. The molecule has 24 heavy (non-hydrogen) atoms. The summed E-state index contributed by atoms with van der Waals surface area (Å²) in [5.41, 5.74) is 1.82. The molecule has 1 N–H and O–H groups in total. The third kappa shape index (κ3) is 3.74. The molecule has 0 fully saturated rings. The second kappa shape index (κ2) is 7.64. The number of pyridine rings is 1. The molecule has 5 nitrogen and oxygen atoms in total. The minimum absolute atomic E-state index is 0.216. The molecule has 124 valence electrons. The van der Waals surface area contributed by atoms with E-state index in [0.717, 1.165) is 29.7 Å². The molecule has 3 rings (SSSR count). The van der Waals surface area contributed by atoms with Crippen LogP contribution in [0.15, 0.2) is 60.6 Å². The summed E-state index contributed by atoms with van der Waals surface area (Å²) in [7, 11) is 1.62. The quantitative estimate of drug-likeness (QED) is 0.918. The number of hydrogen-bond donors (Lipinski definition) is 1. The van der Waals surface area contributed by atoms with Crippen molar-refractivity contribution < 1.29 is 14.3 Å². The number of amides is 1. The number of nitrogens with one attached hydrogen (secondary N) is 1. The molecule has 0 saturated heterocycles. The molecule has 0 unspecified atom stereocenters. The van der Waals surface area contributed by atoms with E-state index in [2.05, 4.69) is 10.3 Å². The molecule has 0 spiro atoms. The zero-order valence-corrected chi connectivity index (χ0v) is 13.6. The third-order valence-electron chi connectivity index (χ3n) is 3.88. The highest BCUT2D eigenvalue weighted by molar-refractivity contribution is 5.92. The van der Waals surface area contributed by atoms with E-state index in [9.17, 15) is 4.79 Å². The molecular weight excluding hydrogens is 304 g/mol. The number of carbonyl (C=O) groups is 1. The van der Waals surface area contributed by atoms with Crippen LogP contribution in [0.5, 0.6) is 5.75 Å². The second-order valence-corrected chi connectivity index (χ2v) is 5.53. The lowest BCUT2D eigenvalue weighted by Crippen LogP contribution is -2.32. The first-order valence-corrected chi connectivity index (χ1v) is 7.95.